The minimum absolute atomic E-state index is 0.127. The van der Waals surface area contributed by atoms with E-state index in [4.69, 9.17) is 4.74 Å². The molecule has 0 aliphatic carbocycles. The Hall–Kier alpha value is -1.18. The number of methoxy groups -OCH3 is 1. The van der Waals surface area contributed by atoms with E-state index in [9.17, 15) is 5.11 Å². The van der Waals surface area contributed by atoms with Crippen LogP contribution in [0.4, 0.5) is 0 Å². The number of aromatic hydroxyl groups is 1. The van der Waals surface area contributed by atoms with Gasteiger partial charge in [0.05, 0.1) is 7.11 Å². The lowest BCUT2D eigenvalue weighted by Crippen LogP contribution is -2.20. The summed E-state index contributed by atoms with van der Waals surface area (Å²) in [5.41, 5.74) is 2.20. The fourth-order valence-corrected chi connectivity index (χ4v) is 4.55. The molecule has 2 aromatic carbocycles. The highest BCUT2D eigenvalue weighted by Gasteiger charge is 2.29. The predicted molar refractivity (Wildman–Crippen MR) is 99.4 cm³/mol. The van der Waals surface area contributed by atoms with Gasteiger partial charge in [0.15, 0.2) is 0 Å². The standard InChI is InChI=1S/C18H23O2PS/c1-4-18(2,15-11-14(20-3)9-10-16(15)19)21-17-8-6-5-7-13(17)12-22/h5-11,19,21-22H,4,12H2,1-3H3. The number of hydrogen-bond acceptors (Lipinski definition) is 3. The molecule has 2 rings (SSSR count). The van der Waals surface area contributed by atoms with Gasteiger partial charge in [-0.25, -0.2) is 0 Å². The number of benzene rings is 2. The van der Waals surface area contributed by atoms with Gasteiger partial charge in [-0.2, -0.15) is 12.6 Å². The Kier molecular flexibility index (Phi) is 5.77. The Morgan fingerprint density at radius 1 is 1.23 bits per heavy atom. The van der Waals surface area contributed by atoms with Crippen LogP contribution in [0.2, 0.25) is 0 Å². The molecule has 22 heavy (non-hydrogen) atoms. The average molecular weight is 334 g/mol. The molecular formula is C18H23O2PS. The Morgan fingerprint density at radius 3 is 2.59 bits per heavy atom. The third-order valence-corrected chi connectivity index (χ3v) is 6.38. The normalized spacial score (nSPS) is 14.2. The molecule has 2 unspecified atom stereocenters. The van der Waals surface area contributed by atoms with Gasteiger partial charge in [-0.1, -0.05) is 46.7 Å². The quantitative estimate of drug-likeness (QED) is 0.603. The number of thiol groups is 1. The second kappa shape index (κ2) is 7.39. The number of hydrogen-bond donors (Lipinski definition) is 2. The molecule has 0 saturated heterocycles. The molecule has 0 radical (unpaired) electrons. The van der Waals surface area contributed by atoms with Crippen molar-refractivity contribution in [1.29, 1.82) is 0 Å². The zero-order valence-electron chi connectivity index (χ0n) is 13.3. The maximum absolute atomic E-state index is 10.3. The van der Waals surface area contributed by atoms with Crippen molar-refractivity contribution < 1.29 is 9.84 Å². The van der Waals surface area contributed by atoms with E-state index in [1.807, 2.05) is 12.1 Å². The van der Waals surface area contributed by atoms with Crippen LogP contribution in [-0.2, 0) is 10.9 Å². The summed E-state index contributed by atoms with van der Waals surface area (Å²) in [6, 6.07) is 13.9. The molecule has 0 heterocycles. The molecule has 0 fully saturated rings. The van der Waals surface area contributed by atoms with Crippen LogP contribution in [0.5, 0.6) is 11.5 Å². The molecule has 2 nitrogen and oxygen atoms in total. The molecule has 2 aromatic rings. The summed E-state index contributed by atoms with van der Waals surface area (Å²) >= 11 is 4.43. The number of phenolic OH excluding ortho intramolecular Hbond substituents is 1. The minimum Gasteiger partial charge on any atom is -0.508 e. The van der Waals surface area contributed by atoms with E-state index in [1.165, 1.54) is 10.9 Å². The molecule has 0 bridgehead atoms. The van der Waals surface area contributed by atoms with E-state index in [0.717, 1.165) is 23.5 Å². The van der Waals surface area contributed by atoms with Crippen LogP contribution in [0.1, 0.15) is 31.4 Å². The Morgan fingerprint density at radius 2 is 1.95 bits per heavy atom. The third-order valence-electron chi connectivity index (χ3n) is 4.10. The van der Waals surface area contributed by atoms with Gasteiger partial charge in [-0.05, 0) is 35.5 Å². The van der Waals surface area contributed by atoms with Crippen molar-refractivity contribution in [3.8, 4) is 11.5 Å². The van der Waals surface area contributed by atoms with Crippen LogP contribution in [0.15, 0.2) is 42.5 Å². The Labute approximate surface area is 140 Å². The smallest absolute Gasteiger partial charge is 0.119 e. The van der Waals surface area contributed by atoms with Crippen LogP contribution in [0.25, 0.3) is 0 Å². The van der Waals surface area contributed by atoms with Gasteiger partial charge >= 0.3 is 0 Å². The van der Waals surface area contributed by atoms with Crippen molar-refractivity contribution in [3.05, 3.63) is 53.6 Å². The minimum atomic E-state index is -0.127. The molecule has 0 aromatic heterocycles. The molecule has 0 spiro atoms. The summed E-state index contributed by atoms with van der Waals surface area (Å²) < 4.78 is 5.32. The zero-order valence-corrected chi connectivity index (χ0v) is 15.2. The number of phenols is 1. The summed E-state index contributed by atoms with van der Waals surface area (Å²) in [5, 5.41) is 11.5. The fraction of sp³-hybridized carbons (Fsp3) is 0.333. The van der Waals surface area contributed by atoms with Crippen molar-refractivity contribution in [1.82, 2.24) is 0 Å². The largest absolute Gasteiger partial charge is 0.508 e. The van der Waals surface area contributed by atoms with Crippen molar-refractivity contribution >= 4 is 26.5 Å². The maximum atomic E-state index is 10.3. The maximum Gasteiger partial charge on any atom is 0.119 e. The number of rotatable bonds is 6. The van der Waals surface area contributed by atoms with Gasteiger partial charge in [0.1, 0.15) is 11.5 Å². The lowest BCUT2D eigenvalue weighted by Gasteiger charge is -2.31. The molecule has 0 aliphatic heterocycles. The van der Waals surface area contributed by atoms with Gasteiger partial charge < -0.3 is 9.84 Å². The van der Waals surface area contributed by atoms with E-state index in [0.29, 0.717) is 14.3 Å². The monoisotopic (exact) mass is 334 g/mol. The van der Waals surface area contributed by atoms with Crippen LogP contribution in [-0.4, -0.2) is 12.2 Å². The average Bonchev–Trinajstić information content (AvgIpc) is 2.55. The highest BCUT2D eigenvalue weighted by molar-refractivity contribution is 7.79. The first kappa shape index (κ1) is 17.2. The van der Waals surface area contributed by atoms with Gasteiger partial charge in [-0.3, -0.25) is 0 Å². The van der Waals surface area contributed by atoms with Crippen LogP contribution in [0.3, 0.4) is 0 Å². The topological polar surface area (TPSA) is 29.5 Å². The van der Waals surface area contributed by atoms with Crippen molar-refractivity contribution in [2.24, 2.45) is 0 Å². The molecule has 1 N–H and O–H groups in total. The van der Waals surface area contributed by atoms with E-state index in [-0.39, 0.29) is 5.16 Å². The highest BCUT2D eigenvalue weighted by atomic mass is 32.1. The first-order valence-electron chi connectivity index (χ1n) is 7.38. The summed E-state index contributed by atoms with van der Waals surface area (Å²) in [5.74, 6) is 1.84. The van der Waals surface area contributed by atoms with Crippen LogP contribution >= 0.6 is 21.2 Å². The third kappa shape index (κ3) is 3.59. The van der Waals surface area contributed by atoms with Gasteiger partial charge in [0.2, 0.25) is 0 Å². The fourth-order valence-electron chi connectivity index (χ4n) is 2.51. The Bertz CT molecular complexity index is 645. The zero-order chi connectivity index (χ0) is 16.2. The summed E-state index contributed by atoms with van der Waals surface area (Å²) in [4.78, 5) is 0. The second-order valence-electron chi connectivity index (χ2n) is 5.51. The van der Waals surface area contributed by atoms with Crippen LogP contribution in [0, 0.1) is 0 Å². The highest BCUT2D eigenvalue weighted by Crippen LogP contribution is 2.48. The van der Waals surface area contributed by atoms with Gasteiger partial charge in [0.25, 0.3) is 0 Å². The molecular weight excluding hydrogens is 311 g/mol. The molecule has 4 heteroatoms. The first-order valence-corrected chi connectivity index (χ1v) is 9.01. The van der Waals surface area contributed by atoms with E-state index in [1.54, 1.807) is 19.2 Å². The van der Waals surface area contributed by atoms with E-state index in [2.05, 4.69) is 44.7 Å². The van der Waals surface area contributed by atoms with Crippen LogP contribution < -0.4 is 10.0 Å². The Balaban J connectivity index is 2.44. The lowest BCUT2D eigenvalue weighted by atomic mass is 9.96. The van der Waals surface area contributed by atoms with Gasteiger partial charge in [0, 0.05) is 16.5 Å². The number of ether oxygens (including phenoxy) is 1. The summed E-state index contributed by atoms with van der Waals surface area (Å²) in [6.45, 7) is 4.37. The van der Waals surface area contributed by atoms with Crippen molar-refractivity contribution in [2.75, 3.05) is 7.11 Å². The van der Waals surface area contributed by atoms with Crippen molar-refractivity contribution in [2.45, 2.75) is 31.2 Å². The summed E-state index contributed by atoms with van der Waals surface area (Å²) in [7, 11) is 2.21. The molecule has 2 atom stereocenters. The molecule has 118 valence electrons. The van der Waals surface area contributed by atoms with E-state index >= 15 is 0 Å². The lowest BCUT2D eigenvalue weighted by molar-refractivity contribution is 0.408. The SMILES string of the molecule is CCC(C)(Pc1ccccc1CS)c1cc(OC)ccc1O. The van der Waals surface area contributed by atoms with E-state index < -0.39 is 0 Å². The van der Waals surface area contributed by atoms with Gasteiger partial charge in [-0.15, -0.1) is 0 Å². The van der Waals surface area contributed by atoms with Crippen molar-refractivity contribution in [3.63, 3.8) is 0 Å². The second-order valence-corrected chi connectivity index (χ2v) is 7.72. The molecule has 0 saturated carbocycles. The molecule has 0 amide bonds. The summed E-state index contributed by atoms with van der Waals surface area (Å²) in [6.07, 6.45) is 0.938. The molecule has 0 aliphatic rings. The first-order chi connectivity index (χ1) is 10.5. The predicted octanol–water partition coefficient (Wildman–Crippen LogP) is 4.46.